The monoisotopic (exact) mass is 258 g/mol. The molecule has 0 aliphatic heterocycles. The molecule has 0 aliphatic rings. The van der Waals surface area contributed by atoms with Gasteiger partial charge >= 0.3 is 5.97 Å². The van der Waals surface area contributed by atoms with Crippen molar-refractivity contribution in [3.8, 4) is 0 Å². The first kappa shape index (κ1) is 12.7. The van der Waals surface area contributed by atoms with Gasteiger partial charge in [-0.1, -0.05) is 23.3 Å². The van der Waals surface area contributed by atoms with E-state index in [0.717, 1.165) is 7.11 Å². The van der Waals surface area contributed by atoms with Gasteiger partial charge in [0.05, 0.1) is 18.3 Å². The van der Waals surface area contributed by atoms with Gasteiger partial charge in [0.1, 0.15) is 5.56 Å². The summed E-state index contributed by atoms with van der Waals surface area (Å²) in [6, 6.07) is 6.85. The lowest BCUT2D eigenvalue weighted by Crippen LogP contribution is -2.25. The summed E-state index contributed by atoms with van der Waals surface area (Å²) in [5, 5.41) is 3.99. The summed E-state index contributed by atoms with van der Waals surface area (Å²) < 4.78 is 5.89. The zero-order valence-corrected chi connectivity index (χ0v) is 10.3. The van der Waals surface area contributed by atoms with Crippen molar-refractivity contribution >= 4 is 22.6 Å². The standard InChI is InChI=1S/C12H10N4O3/c1-16-8-6-4-3-5-7(8)10(14-15-13)9(11(16)17)12(18)19-2/h3-6H,1-2H3. The number of carbonyl (C=O) groups is 1. The van der Waals surface area contributed by atoms with Gasteiger partial charge in [-0.3, -0.25) is 4.79 Å². The fraction of sp³-hybridized carbons (Fsp3) is 0.167. The maximum atomic E-state index is 12.2. The van der Waals surface area contributed by atoms with Gasteiger partial charge in [0, 0.05) is 17.3 Å². The quantitative estimate of drug-likeness (QED) is 0.357. The number of ether oxygens (including phenoxy) is 1. The Kier molecular flexibility index (Phi) is 3.22. The Morgan fingerprint density at radius 2 is 2.11 bits per heavy atom. The highest BCUT2D eigenvalue weighted by molar-refractivity contribution is 6.03. The van der Waals surface area contributed by atoms with Crippen molar-refractivity contribution in [1.29, 1.82) is 0 Å². The Morgan fingerprint density at radius 3 is 2.74 bits per heavy atom. The molecule has 0 fully saturated rings. The van der Waals surface area contributed by atoms with Gasteiger partial charge in [0.25, 0.3) is 5.56 Å². The lowest BCUT2D eigenvalue weighted by Gasteiger charge is -2.10. The highest BCUT2D eigenvalue weighted by Gasteiger charge is 2.20. The zero-order valence-electron chi connectivity index (χ0n) is 10.3. The molecule has 0 saturated carbocycles. The minimum Gasteiger partial charge on any atom is -0.465 e. The van der Waals surface area contributed by atoms with E-state index in [0.29, 0.717) is 10.9 Å². The number of rotatable bonds is 2. The highest BCUT2D eigenvalue weighted by atomic mass is 16.5. The molecule has 0 aliphatic carbocycles. The van der Waals surface area contributed by atoms with Crippen LogP contribution < -0.4 is 5.56 Å². The molecule has 2 aromatic rings. The maximum Gasteiger partial charge on any atom is 0.344 e. The molecule has 7 nitrogen and oxygen atoms in total. The van der Waals surface area contributed by atoms with Crippen molar-refractivity contribution in [2.45, 2.75) is 0 Å². The first-order valence-corrected chi connectivity index (χ1v) is 5.37. The maximum absolute atomic E-state index is 12.2. The van der Waals surface area contributed by atoms with E-state index < -0.39 is 11.5 Å². The molecule has 0 atom stereocenters. The van der Waals surface area contributed by atoms with E-state index in [9.17, 15) is 9.59 Å². The van der Waals surface area contributed by atoms with Crippen molar-refractivity contribution in [3.05, 3.63) is 50.6 Å². The van der Waals surface area contributed by atoms with Crippen LogP contribution in [0.3, 0.4) is 0 Å². The number of hydrogen-bond donors (Lipinski definition) is 0. The smallest absolute Gasteiger partial charge is 0.344 e. The second kappa shape index (κ2) is 4.83. The number of methoxy groups -OCH3 is 1. The lowest BCUT2D eigenvalue weighted by atomic mass is 10.1. The molecule has 2 rings (SSSR count). The molecular weight excluding hydrogens is 248 g/mol. The summed E-state index contributed by atoms with van der Waals surface area (Å²) in [7, 11) is 2.70. The molecule has 0 bridgehead atoms. The SMILES string of the molecule is COC(=O)c1c(N=[N+]=[N-])c2ccccc2n(C)c1=O. The Labute approximate surface area is 107 Å². The molecule has 0 unspecified atom stereocenters. The molecule has 96 valence electrons. The third-order valence-electron chi connectivity index (χ3n) is 2.81. The number of para-hydroxylation sites is 1. The Balaban J connectivity index is 3.06. The predicted octanol–water partition coefficient (Wildman–Crippen LogP) is 2.27. The van der Waals surface area contributed by atoms with Crippen LogP contribution in [0.1, 0.15) is 10.4 Å². The van der Waals surface area contributed by atoms with Crippen LogP contribution in [0.15, 0.2) is 34.2 Å². The van der Waals surface area contributed by atoms with E-state index in [1.807, 2.05) is 0 Å². The number of carbonyl (C=O) groups excluding carboxylic acids is 1. The first-order valence-electron chi connectivity index (χ1n) is 5.37. The highest BCUT2D eigenvalue weighted by Crippen LogP contribution is 2.28. The Bertz CT molecular complexity index is 772. The topological polar surface area (TPSA) is 97.1 Å². The van der Waals surface area contributed by atoms with Crippen LogP contribution in [0.5, 0.6) is 0 Å². The zero-order chi connectivity index (χ0) is 14.0. The molecule has 1 heterocycles. The summed E-state index contributed by atoms with van der Waals surface area (Å²) in [6.45, 7) is 0. The fourth-order valence-corrected chi connectivity index (χ4v) is 1.91. The van der Waals surface area contributed by atoms with Gasteiger partial charge in [0.2, 0.25) is 0 Å². The second-order valence-electron chi connectivity index (χ2n) is 3.79. The predicted molar refractivity (Wildman–Crippen MR) is 69.3 cm³/mol. The Morgan fingerprint density at radius 1 is 1.42 bits per heavy atom. The molecule has 19 heavy (non-hydrogen) atoms. The lowest BCUT2D eigenvalue weighted by molar-refractivity contribution is 0.0599. The number of azide groups is 1. The van der Waals surface area contributed by atoms with E-state index >= 15 is 0 Å². The van der Waals surface area contributed by atoms with Crippen molar-refractivity contribution in [1.82, 2.24) is 4.57 Å². The number of esters is 1. The third-order valence-corrected chi connectivity index (χ3v) is 2.81. The summed E-state index contributed by atoms with van der Waals surface area (Å²) >= 11 is 0. The van der Waals surface area contributed by atoms with E-state index in [2.05, 4.69) is 14.8 Å². The van der Waals surface area contributed by atoms with Gasteiger partial charge < -0.3 is 9.30 Å². The number of aryl methyl sites for hydroxylation is 1. The molecule has 0 radical (unpaired) electrons. The molecule has 1 aromatic heterocycles. The first-order chi connectivity index (χ1) is 9.11. The van der Waals surface area contributed by atoms with Crippen LogP contribution in [-0.4, -0.2) is 17.6 Å². The molecular formula is C12H10N4O3. The number of aromatic nitrogens is 1. The Hall–Kier alpha value is -2.79. The largest absolute Gasteiger partial charge is 0.465 e. The summed E-state index contributed by atoms with van der Waals surface area (Å²) in [5.74, 6) is -0.825. The average Bonchev–Trinajstić information content (AvgIpc) is 2.44. The number of pyridine rings is 1. The van der Waals surface area contributed by atoms with Gasteiger partial charge in [-0.25, -0.2) is 4.79 Å². The minimum atomic E-state index is -0.825. The van der Waals surface area contributed by atoms with Gasteiger partial charge in [0.15, 0.2) is 0 Å². The average molecular weight is 258 g/mol. The molecule has 0 spiro atoms. The van der Waals surface area contributed by atoms with Crippen LogP contribution in [0.2, 0.25) is 0 Å². The number of nitrogens with zero attached hydrogens (tertiary/aromatic N) is 4. The van der Waals surface area contributed by atoms with Crippen molar-refractivity contribution in [2.75, 3.05) is 7.11 Å². The number of hydrogen-bond acceptors (Lipinski definition) is 4. The molecule has 1 aromatic carbocycles. The number of fused-ring (bicyclic) bond motifs is 1. The molecule has 0 saturated heterocycles. The van der Waals surface area contributed by atoms with Crippen LogP contribution in [-0.2, 0) is 11.8 Å². The van der Waals surface area contributed by atoms with Crippen molar-refractivity contribution < 1.29 is 9.53 Å². The fourth-order valence-electron chi connectivity index (χ4n) is 1.91. The summed E-state index contributed by atoms with van der Waals surface area (Å²) in [6.07, 6.45) is 0. The molecule has 0 amide bonds. The number of benzene rings is 1. The van der Waals surface area contributed by atoms with Crippen LogP contribution in [0.4, 0.5) is 5.69 Å². The van der Waals surface area contributed by atoms with Crippen LogP contribution >= 0.6 is 0 Å². The molecule has 0 N–H and O–H groups in total. The van der Waals surface area contributed by atoms with E-state index in [4.69, 9.17) is 5.53 Å². The van der Waals surface area contributed by atoms with Gasteiger partial charge in [-0.2, -0.15) is 0 Å². The van der Waals surface area contributed by atoms with E-state index in [1.165, 1.54) is 11.6 Å². The van der Waals surface area contributed by atoms with Crippen molar-refractivity contribution in [2.24, 2.45) is 12.2 Å². The minimum absolute atomic E-state index is 0.00644. The summed E-state index contributed by atoms with van der Waals surface area (Å²) in [4.78, 5) is 26.5. The van der Waals surface area contributed by atoms with E-state index in [-0.39, 0.29) is 11.3 Å². The van der Waals surface area contributed by atoms with Crippen LogP contribution in [0, 0.1) is 0 Å². The van der Waals surface area contributed by atoms with Crippen molar-refractivity contribution in [3.63, 3.8) is 0 Å². The van der Waals surface area contributed by atoms with Gasteiger partial charge in [-0.15, -0.1) is 0 Å². The molecule has 7 heteroatoms. The third kappa shape index (κ3) is 1.92. The van der Waals surface area contributed by atoms with E-state index in [1.54, 1.807) is 24.3 Å². The normalized spacial score (nSPS) is 10.0. The van der Waals surface area contributed by atoms with Crippen LogP contribution in [0.25, 0.3) is 21.3 Å². The second-order valence-corrected chi connectivity index (χ2v) is 3.79. The summed E-state index contributed by atoms with van der Waals surface area (Å²) in [5.41, 5.74) is 8.36. The van der Waals surface area contributed by atoms with Gasteiger partial charge in [-0.05, 0) is 11.6 Å².